The van der Waals surface area contributed by atoms with Crippen molar-refractivity contribution in [2.45, 2.75) is 33.2 Å². The van der Waals surface area contributed by atoms with Crippen molar-refractivity contribution < 1.29 is 14.3 Å². The Morgan fingerprint density at radius 1 is 1.33 bits per heavy atom. The third-order valence-corrected chi connectivity index (χ3v) is 4.94. The Hall–Kier alpha value is -2.25. The number of benzene rings is 1. The molecule has 0 saturated carbocycles. The van der Waals surface area contributed by atoms with Gasteiger partial charge in [-0.3, -0.25) is 9.20 Å². The van der Waals surface area contributed by atoms with Crippen LogP contribution in [-0.2, 0) is 6.54 Å². The van der Waals surface area contributed by atoms with Gasteiger partial charge in [-0.2, -0.15) is 0 Å². The maximum atomic E-state index is 12.6. The van der Waals surface area contributed by atoms with Gasteiger partial charge in [0.15, 0.2) is 16.5 Å². The molecule has 1 N–H and O–H groups in total. The number of thiazole rings is 1. The number of rotatable bonds is 9. The largest absolute Gasteiger partial charge is 0.490 e. The second-order valence-corrected chi connectivity index (χ2v) is 7.21. The van der Waals surface area contributed by atoms with Crippen molar-refractivity contribution in [3.8, 4) is 11.5 Å². The predicted molar refractivity (Wildman–Crippen MR) is 107 cm³/mol. The van der Waals surface area contributed by atoms with E-state index in [2.05, 4.69) is 17.2 Å². The van der Waals surface area contributed by atoms with Crippen molar-refractivity contribution >= 4 is 33.8 Å². The van der Waals surface area contributed by atoms with E-state index in [1.54, 1.807) is 23.5 Å². The van der Waals surface area contributed by atoms with E-state index in [-0.39, 0.29) is 5.91 Å². The lowest BCUT2D eigenvalue weighted by atomic mass is 10.2. The zero-order chi connectivity index (χ0) is 19.2. The van der Waals surface area contributed by atoms with Crippen molar-refractivity contribution in [1.82, 2.24) is 14.7 Å². The molecule has 27 heavy (non-hydrogen) atoms. The van der Waals surface area contributed by atoms with E-state index in [1.165, 1.54) is 0 Å². The van der Waals surface area contributed by atoms with Gasteiger partial charge in [0.2, 0.25) is 0 Å². The number of carbonyl (C=O) groups excluding carboxylic acids is 1. The summed E-state index contributed by atoms with van der Waals surface area (Å²) in [5.74, 6) is 0.723. The van der Waals surface area contributed by atoms with E-state index >= 15 is 0 Å². The standard InChI is InChI=1S/C19H22ClN3O3S/c1-3-5-7-26-17-15(20)9-13(10-16(17)25-4-2)18(24)21-11-14-12-23-6-8-27-19(23)22-14/h6,8-10,12H,3-5,7,11H2,1-2H3,(H,21,24). The average Bonchev–Trinajstić information content (AvgIpc) is 3.23. The lowest BCUT2D eigenvalue weighted by Crippen LogP contribution is -2.23. The number of hydrogen-bond donors (Lipinski definition) is 1. The monoisotopic (exact) mass is 407 g/mol. The van der Waals surface area contributed by atoms with Crippen molar-refractivity contribution in [3.05, 3.63) is 46.2 Å². The molecule has 0 unspecified atom stereocenters. The number of carbonyl (C=O) groups is 1. The molecular weight excluding hydrogens is 386 g/mol. The van der Waals surface area contributed by atoms with Crippen LogP contribution >= 0.6 is 22.9 Å². The van der Waals surface area contributed by atoms with Gasteiger partial charge in [0, 0.05) is 23.3 Å². The van der Waals surface area contributed by atoms with Gasteiger partial charge in [0.05, 0.1) is 30.5 Å². The van der Waals surface area contributed by atoms with Crippen LogP contribution in [-0.4, -0.2) is 28.5 Å². The van der Waals surface area contributed by atoms with E-state index in [9.17, 15) is 4.79 Å². The quantitative estimate of drug-likeness (QED) is 0.528. The van der Waals surface area contributed by atoms with E-state index < -0.39 is 0 Å². The molecule has 144 valence electrons. The molecule has 0 radical (unpaired) electrons. The molecule has 2 aromatic heterocycles. The first-order valence-corrected chi connectivity index (χ1v) is 10.2. The number of fused-ring (bicyclic) bond motifs is 1. The Bertz CT molecular complexity index is 894. The molecular formula is C19H22ClN3O3S. The Morgan fingerprint density at radius 3 is 2.93 bits per heavy atom. The minimum absolute atomic E-state index is 0.241. The molecule has 6 nitrogen and oxygen atoms in total. The molecule has 0 fully saturated rings. The Morgan fingerprint density at radius 2 is 2.19 bits per heavy atom. The first kappa shape index (κ1) is 19.5. The summed E-state index contributed by atoms with van der Waals surface area (Å²) < 4.78 is 13.3. The molecule has 0 aliphatic rings. The normalized spacial score (nSPS) is 10.9. The zero-order valence-corrected chi connectivity index (χ0v) is 16.9. The number of unbranched alkanes of at least 4 members (excludes halogenated alkanes) is 1. The molecule has 1 amide bonds. The maximum absolute atomic E-state index is 12.6. The van der Waals surface area contributed by atoms with Crippen molar-refractivity contribution in [3.63, 3.8) is 0 Å². The molecule has 3 rings (SSSR count). The minimum Gasteiger partial charge on any atom is -0.490 e. The fourth-order valence-electron chi connectivity index (χ4n) is 2.55. The van der Waals surface area contributed by atoms with Crippen LogP contribution in [0.25, 0.3) is 4.96 Å². The number of hydrogen-bond acceptors (Lipinski definition) is 5. The number of aromatic nitrogens is 2. The summed E-state index contributed by atoms with van der Waals surface area (Å²) in [5.41, 5.74) is 1.22. The van der Waals surface area contributed by atoms with Crippen LogP contribution in [0, 0.1) is 0 Å². The number of halogens is 1. The zero-order valence-electron chi connectivity index (χ0n) is 15.3. The van der Waals surface area contributed by atoms with Crippen LogP contribution in [0.15, 0.2) is 29.9 Å². The number of amides is 1. The highest BCUT2D eigenvalue weighted by atomic mass is 35.5. The fourth-order valence-corrected chi connectivity index (χ4v) is 3.54. The van der Waals surface area contributed by atoms with Crippen molar-refractivity contribution in [1.29, 1.82) is 0 Å². The van der Waals surface area contributed by atoms with E-state index in [1.807, 2.05) is 29.1 Å². The van der Waals surface area contributed by atoms with Crippen molar-refractivity contribution in [2.24, 2.45) is 0 Å². The number of ether oxygens (including phenoxy) is 2. The summed E-state index contributed by atoms with van der Waals surface area (Å²) in [5, 5.41) is 5.20. The molecule has 8 heteroatoms. The van der Waals surface area contributed by atoms with Gasteiger partial charge >= 0.3 is 0 Å². The second kappa shape index (κ2) is 9.10. The summed E-state index contributed by atoms with van der Waals surface area (Å²) in [7, 11) is 0. The Labute approximate surface area is 167 Å². The molecule has 3 aromatic rings. The SMILES string of the molecule is CCCCOc1c(Cl)cc(C(=O)NCc2cn3ccsc3n2)cc1OCC. The van der Waals surface area contributed by atoms with Gasteiger partial charge in [0.1, 0.15) is 0 Å². The maximum Gasteiger partial charge on any atom is 0.251 e. The van der Waals surface area contributed by atoms with Crippen molar-refractivity contribution in [2.75, 3.05) is 13.2 Å². The highest BCUT2D eigenvalue weighted by molar-refractivity contribution is 7.15. The van der Waals surface area contributed by atoms with Gasteiger partial charge in [-0.25, -0.2) is 4.98 Å². The highest BCUT2D eigenvalue weighted by Crippen LogP contribution is 2.37. The van der Waals surface area contributed by atoms with E-state index in [4.69, 9.17) is 21.1 Å². The molecule has 0 bridgehead atoms. The Kier molecular flexibility index (Phi) is 6.58. The molecule has 0 aliphatic heterocycles. The summed E-state index contributed by atoms with van der Waals surface area (Å²) in [6, 6.07) is 3.27. The number of imidazole rings is 1. The van der Waals surface area contributed by atoms with Crippen LogP contribution in [0.3, 0.4) is 0 Å². The predicted octanol–water partition coefficient (Wildman–Crippen LogP) is 4.56. The summed E-state index contributed by atoms with van der Waals surface area (Å²) in [6.45, 7) is 5.31. The lowest BCUT2D eigenvalue weighted by Gasteiger charge is -2.15. The van der Waals surface area contributed by atoms with Gasteiger partial charge < -0.3 is 14.8 Å². The number of nitrogens with one attached hydrogen (secondary N) is 1. The second-order valence-electron chi connectivity index (χ2n) is 5.93. The minimum atomic E-state index is -0.241. The lowest BCUT2D eigenvalue weighted by molar-refractivity contribution is 0.0950. The molecule has 0 saturated heterocycles. The van der Waals surface area contributed by atoms with Gasteiger partial charge in [0.25, 0.3) is 5.91 Å². The summed E-state index contributed by atoms with van der Waals surface area (Å²) >= 11 is 7.90. The smallest absolute Gasteiger partial charge is 0.251 e. The van der Waals surface area contributed by atoms with E-state index in [0.717, 1.165) is 23.5 Å². The van der Waals surface area contributed by atoms with Gasteiger partial charge in [-0.15, -0.1) is 11.3 Å². The van der Waals surface area contributed by atoms with Crippen LogP contribution in [0.1, 0.15) is 42.7 Å². The summed E-state index contributed by atoms with van der Waals surface area (Å²) in [6.07, 6.45) is 5.78. The van der Waals surface area contributed by atoms with E-state index in [0.29, 0.717) is 41.8 Å². The first-order valence-electron chi connectivity index (χ1n) is 8.90. The van der Waals surface area contributed by atoms with Crippen LogP contribution in [0.2, 0.25) is 5.02 Å². The van der Waals surface area contributed by atoms with Crippen LogP contribution < -0.4 is 14.8 Å². The molecule has 1 aromatic carbocycles. The van der Waals surface area contributed by atoms with Crippen LogP contribution in [0.5, 0.6) is 11.5 Å². The van der Waals surface area contributed by atoms with Crippen LogP contribution in [0.4, 0.5) is 0 Å². The van der Waals surface area contributed by atoms with Gasteiger partial charge in [-0.05, 0) is 25.5 Å². The molecule has 0 atom stereocenters. The fraction of sp³-hybridized carbons (Fsp3) is 0.368. The highest BCUT2D eigenvalue weighted by Gasteiger charge is 2.16. The third kappa shape index (κ3) is 4.73. The third-order valence-electron chi connectivity index (χ3n) is 3.89. The molecule has 2 heterocycles. The number of nitrogens with zero attached hydrogens (tertiary/aromatic N) is 2. The average molecular weight is 408 g/mol. The topological polar surface area (TPSA) is 64.9 Å². The molecule has 0 aliphatic carbocycles. The Balaban J connectivity index is 1.71. The summed E-state index contributed by atoms with van der Waals surface area (Å²) in [4.78, 5) is 17.9. The van der Waals surface area contributed by atoms with Gasteiger partial charge in [-0.1, -0.05) is 24.9 Å². The first-order chi connectivity index (χ1) is 13.1. The molecule has 0 spiro atoms.